The minimum atomic E-state index is -1.66. The Morgan fingerprint density at radius 3 is 0.821 bits per heavy atom. The molecule has 156 valence electrons. The van der Waals surface area contributed by atoms with Gasteiger partial charge in [-0.25, -0.2) is 0 Å². The Morgan fingerprint density at radius 1 is 0.429 bits per heavy atom. The van der Waals surface area contributed by atoms with Gasteiger partial charge in [0.1, 0.15) is 16.1 Å². The van der Waals surface area contributed by atoms with Crippen LogP contribution in [-0.2, 0) is 0 Å². The maximum Gasteiger partial charge on any atom is 0.146 e. The lowest BCUT2D eigenvalue weighted by Gasteiger charge is -2.37. The number of hydrogen-bond acceptors (Lipinski definition) is 0. The first kappa shape index (κ1) is 26.9. The van der Waals surface area contributed by atoms with Crippen molar-refractivity contribution in [3.8, 4) is 22.9 Å². The highest BCUT2D eigenvalue weighted by molar-refractivity contribution is 6.91. The largest absolute Gasteiger partial charge is 0.146 e. The van der Waals surface area contributed by atoms with Gasteiger partial charge in [0.05, 0.1) is 0 Å². The van der Waals surface area contributed by atoms with Crippen LogP contribution in [0.4, 0.5) is 0 Å². The van der Waals surface area contributed by atoms with E-state index in [0.29, 0.717) is 33.2 Å². The van der Waals surface area contributed by atoms with Gasteiger partial charge in [-0.2, -0.15) is 0 Å². The molecule has 0 saturated carbocycles. The third-order valence-corrected chi connectivity index (χ3v) is 19.3. The predicted molar refractivity (Wildman–Crippen MR) is 134 cm³/mol. The number of rotatable bonds is 6. The third-order valence-electron chi connectivity index (χ3n) is 6.68. The van der Waals surface area contributed by atoms with E-state index in [1.165, 1.54) is 0 Å². The summed E-state index contributed by atoms with van der Waals surface area (Å²) < 4.78 is 0. The summed E-state index contributed by atoms with van der Waals surface area (Å²) in [5.74, 6) is 6.57. The summed E-state index contributed by atoms with van der Waals surface area (Å²) in [4.78, 5) is 0. The van der Waals surface area contributed by atoms with Crippen LogP contribution in [0.3, 0.4) is 0 Å². The minimum Gasteiger partial charge on any atom is -0.125 e. The SMILES string of the molecule is CC(C)[Si](C#CC=C=C=CC#C[Si](C(C)C)(C(C)C)C(C)C)(C(C)C)C(C)C. The summed E-state index contributed by atoms with van der Waals surface area (Å²) in [6.07, 6.45) is 3.65. The molecule has 0 amide bonds. The molecule has 0 radical (unpaired) electrons. The van der Waals surface area contributed by atoms with E-state index in [1.54, 1.807) is 0 Å². The van der Waals surface area contributed by atoms with Crippen molar-refractivity contribution >= 4 is 16.1 Å². The fourth-order valence-electron chi connectivity index (χ4n) is 5.34. The molecular weight excluding hydrogens is 368 g/mol. The highest BCUT2D eigenvalue weighted by Gasteiger charge is 2.42. The molecule has 0 rings (SSSR count). The van der Waals surface area contributed by atoms with Crippen molar-refractivity contribution in [1.29, 1.82) is 0 Å². The van der Waals surface area contributed by atoms with E-state index in [4.69, 9.17) is 0 Å². The molecule has 0 nitrogen and oxygen atoms in total. The summed E-state index contributed by atoms with van der Waals surface area (Å²) in [7, 11) is -3.32. The third kappa shape index (κ3) is 6.18. The van der Waals surface area contributed by atoms with Gasteiger partial charge >= 0.3 is 0 Å². The lowest BCUT2D eigenvalue weighted by Crippen LogP contribution is -2.43. The van der Waals surface area contributed by atoms with Gasteiger partial charge in [0.25, 0.3) is 0 Å². The molecule has 0 aliphatic rings. The van der Waals surface area contributed by atoms with Crippen molar-refractivity contribution in [2.24, 2.45) is 0 Å². The molecule has 0 aromatic heterocycles. The topological polar surface area (TPSA) is 0 Å². The maximum atomic E-state index is 3.68. The van der Waals surface area contributed by atoms with E-state index in [2.05, 4.69) is 117 Å². The lowest BCUT2D eigenvalue weighted by atomic mass is 10.5. The molecule has 0 saturated heterocycles. The average molecular weight is 413 g/mol. The van der Waals surface area contributed by atoms with E-state index < -0.39 is 16.1 Å². The molecule has 28 heavy (non-hydrogen) atoms. The zero-order valence-electron chi connectivity index (χ0n) is 20.6. The van der Waals surface area contributed by atoms with E-state index >= 15 is 0 Å². The molecule has 0 atom stereocenters. The summed E-state index contributed by atoms with van der Waals surface area (Å²) in [5, 5.41) is 0. The molecule has 0 aromatic rings. The highest BCUT2D eigenvalue weighted by atomic mass is 28.3. The van der Waals surface area contributed by atoms with Gasteiger partial charge in [-0.05, 0) is 33.2 Å². The molecule has 0 bridgehead atoms. The van der Waals surface area contributed by atoms with E-state index in [9.17, 15) is 0 Å². The van der Waals surface area contributed by atoms with E-state index in [1.807, 2.05) is 12.2 Å². The second-order valence-electron chi connectivity index (χ2n) is 9.91. The van der Waals surface area contributed by atoms with Crippen molar-refractivity contribution in [2.75, 3.05) is 0 Å². The van der Waals surface area contributed by atoms with Crippen LogP contribution in [0.15, 0.2) is 23.6 Å². The Morgan fingerprint density at radius 2 is 0.643 bits per heavy atom. The molecule has 0 unspecified atom stereocenters. The first-order valence-corrected chi connectivity index (χ1v) is 15.5. The summed E-state index contributed by atoms with van der Waals surface area (Å²) >= 11 is 0. The standard InChI is InChI=1S/C26H44Si2/c1-21(2)27(22(3)4,23(5)6)19-17-15-13-14-16-18-20-28(24(7)8,25(9)10)26(11)12/h15-16,21-26H,1-12H3. The van der Waals surface area contributed by atoms with Crippen molar-refractivity contribution < 1.29 is 0 Å². The summed E-state index contributed by atoms with van der Waals surface area (Å²) in [6, 6.07) is 0. The fraction of sp³-hybridized carbons (Fsp3) is 0.692. The quantitative estimate of drug-likeness (QED) is 0.234. The molecule has 0 spiro atoms. The predicted octanol–water partition coefficient (Wildman–Crippen LogP) is 8.30. The van der Waals surface area contributed by atoms with Crippen LogP contribution in [0.2, 0.25) is 33.2 Å². The van der Waals surface area contributed by atoms with Crippen LogP contribution in [0.1, 0.15) is 83.1 Å². The Hall–Kier alpha value is -1.15. The van der Waals surface area contributed by atoms with Gasteiger partial charge in [0.2, 0.25) is 0 Å². The second kappa shape index (κ2) is 11.8. The van der Waals surface area contributed by atoms with E-state index in [0.717, 1.165) is 0 Å². The van der Waals surface area contributed by atoms with Gasteiger partial charge in [0.15, 0.2) is 0 Å². The highest BCUT2D eigenvalue weighted by Crippen LogP contribution is 2.41. The fourth-order valence-corrected chi connectivity index (χ4v) is 15.7. The average Bonchev–Trinajstić information content (AvgIpc) is 2.54. The van der Waals surface area contributed by atoms with Crippen molar-refractivity contribution in [3.63, 3.8) is 0 Å². The summed E-state index contributed by atoms with van der Waals surface area (Å²) in [5.41, 5.74) is 17.4. The molecular formula is C26H44Si2. The lowest BCUT2D eigenvalue weighted by molar-refractivity contribution is 0.838. The Kier molecular flexibility index (Phi) is 11.3. The van der Waals surface area contributed by atoms with Gasteiger partial charge in [-0.1, -0.05) is 106 Å². The van der Waals surface area contributed by atoms with Crippen LogP contribution >= 0.6 is 0 Å². The van der Waals surface area contributed by atoms with Crippen LogP contribution in [-0.4, -0.2) is 16.1 Å². The van der Waals surface area contributed by atoms with Crippen LogP contribution in [0.25, 0.3) is 0 Å². The Balaban J connectivity index is 5.72. The molecule has 0 aliphatic heterocycles. The van der Waals surface area contributed by atoms with Gasteiger partial charge in [-0.15, -0.1) is 11.1 Å². The molecule has 0 heterocycles. The van der Waals surface area contributed by atoms with Gasteiger partial charge in [0, 0.05) is 12.2 Å². The monoisotopic (exact) mass is 412 g/mol. The zero-order chi connectivity index (χ0) is 22.1. The van der Waals surface area contributed by atoms with E-state index in [-0.39, 0.29) is 0 Å². The molecule has 0 N–H and O–H groups in total. The Labute approximate surface area is 179 Å². The van der Waals surface area contributed by atoms with Crippen molar-refractivity contribution in [3.05, 3.63) is 23.6 Å². The first-order valence-electron chi connectivity index (χ1n) is 11.1. The van der Waals surface area contributed by atoms with Gasteiger partial charge < -0.3 is 0 Å². The zero-order valence-corrected chi connectivity index (χ0v) is 22.6. The van der Waals surface area contributed by atoms with Crippen LogP contribution < -0.4 is 0 Å². The Bertz CT molecular complexity index is 593. The number of allylic oxidation sites excluding steroid dienone is 2. The maximum absolute atomic E-state index is 3.68. The number of hydrogen-bond donors (Lipinski definition) is 0. The molecule has 0 aromatic carbocycles. The van der Waals surface area contributed by atoms with Crippen molar-refractivity contribution in [1.82, 2.24) is 0 Å². The minimum absolute atomic E-state index is 0.653. The first-order chi connectivity index (χ1) is 12.9. The molecule has 0 aliphatic carbocycles. The normalized spacial score (nSPS) is 11.9. The molecule has 0 fully saturated rings. The van der Waals surface area contributed by atoms with Crippen molar-refractivity contribution in [2.45, 2.75) is 116 Å². The smallest absolute Gasteiger partial charge is 0.125 e. The van der Waals surface area contributed by atoms with Crippen LogP contribution in [0, 0.1) is 22.9 Å². The van der Waals surface area contributed by atoms with Crippen LogP contribution in [0.5, 0.6) is 0 Å². The second-order valence-corrected chi connectivity index (χ2v) is 21.1. The summed E-state index contributed by atoms with van der Waals surface area (Å²) in [6.45, 7) is 28.1. The van der Waals surface area contributed by atoms with Gasteiger partial charge in [-0.3, -0.25) is 0 Å². The molecule has 2 heteroatoms.